The third-order valence-corrected chi connectivity index (χ3v) is 6.72. The molecular formula is C33H34N2O5. The topological polar surface area (TPSA) is 101 Å². The van der Waals surface area contributed by atoms with E-state index >= 15 is 0 Å². The Morgan fingerprint density at radius 3 is 1.95 bits per heavy atom. The molecule has 1 aliphatic rings. The van der Waals surface area contributed by atoms with Crippen LogP contribution < -0.4 is 5.32 Å². The number of nitrogens with one attached hydrogen (secondary N) is 1. The molecule has 1 heterocycles. The average Bonchev–Trinajstić information content (AvgIpc) is 3.50. The zero-order chi connectivity index (χ0) is 28.6. The predicted molar refractivity (Wildman–Crippen MR) is 156 cm³/mol. The van der Waals surface area contributed by atoms with Crippen molar-refractivity contribution in [2.24, 2.45) is 0 Å². The van der Waals surface area contributed by atoms with Crippen LogP contribution in [0, 0.1) is 20.8 Å². The lowest BCUT2D eigenvalue weighted by Gasteiger charge is -2.17. The Kier molecular flexibility index (Phi) is 9.32. The van der Waals surface area contributed by atoms with Crippen LogP contribution in [-0.2, 0) is 20.9 Å². The van der Waals surface area contributed by atoms with Gasteiger partial charge in [0.25, 0.3) is 0 Å². The fraction of sp³-hybridized carbons (Fsp3) is 0.212. The van der Waals surface area contributed by atoms with Crippen LogP contribution in [0.4, 0.5) is 0 Å². The third-order valence-electron chi connectivity index (χ3n) is 6.72. The second-order valence-electron chi connectivity index (χ2n) is 9.73. The SMILES string of the molecule is Cc1cc(C)c(-n2cccc2CNCCOC2c3ccccc3-c3ccccc32)c(C)c1.O=C(O)/C=C/C(=O)O. The molecule has 0 saturated carbocycles. The second kappa shape index (κ2) is 13.1. The van der Waals surface area contributed by atoms with Crippen LogP contribution in [0.3, 0.4) is 0 Å². The minimum Gasteiger partial charge on any atom is -0.478 e. The number of carboxylic acid groups (broad SMARTS) is 2. The molecule has 40 heavy (non-hydrogen) atoms. The smallest absolute Gasteiger partial charge is 0.328 e. The van der Waals surface area contributed by atoms with Crippen molar-refractivity contribution in [1.29, 1.82) is 0 Å². The van der Waals surface area contributed by atoms with Gasteiger partial charge in [-0.1, -0.05) is 66.2 Å². The highest BCUT2D eigenvalue weighted by Gasteiger charge is 2.28. The van der Waals surface area contributed by atoms with Crippen LogP contribution in [0.5, 0.6) is 0 Å². The van der Waals surface area contributed by atoms with Crippen LogP contribution >= 0.6 is 0 Å². The summed E-state index contributed by atoms with van der Waals surface area (Å²) in [6, 6.07) is 26.0. The van der Waals surface area contributed by atoms with Crippen LogP contribution in [0.25, 0.3) is 16.8 Å². The molecule has 206 valence electrons. The van der Waals surface area contributed by atoms with Gasteiger partial charge in [-0.3, -0.25) is 0 Å². The number of carbonyl (C=O) groups is 2. The number of ether oxygens (including phenoxy) is 1. The summed E-state index contributed by atoms with van der Waals surface area (Å²) in [6.07, 6.45) is 3.29. The summed E-state index contributed by atoms with van der Waals surface area (Å²) >= 11 is 0. The minimum atomic E-state index is -1.26. The van der Waals surface area contributed by atoms with Gasteiger partial charge in [0.1, 0.15) is 6.10 Å². The maximum absolute atomic E-state index is 9.55. The molecule has 7 nitrogen and oxygen atoms in total. The van der Waals surface area contributed by atoms with Gasteiger partial charge in [-0.2, -0.15) is 0 Å². The van der Waals surface area contributed by atoms with Crippen LogP contribution in [0.1, 0.15) is 39.6 Å². The third kappa shape index (κ3) is 6.75. The summed E-state index contributed by atoms with van der Waals surface area (Å²) < 4.78 is 8.68. The maximum Gasteiger partial charge on any atom is 0.328 e. The van der Waals surface area contributed by atoms with Crippen molar-refractivity contribution >= 4 is 11.9 Å². The molecule has 0 saturated heterocycles. The Morgan fingerprint density at radius 1 is 0.850 bits per heavy atom. The monoisotopic (exact) mass is 538 g/mol. The molecule has 0 radical (unpaired) electrons. The van der Waals surface area contributed by atoms with Gasteiger partial charge in [-0.05, 0) is 66.3 Å². The lowest BCUT2D eigenvalue weighted by molar-refractivity contribution is -0.134. The highest BCUT2D eigenvalue weighted by molar-refractivity contribution is 5.89. The zero-order valence-electron chi connectivity index (χ0n) is 22.9. The number of benzene rings is 3. The van der Waals surface area contributed by atoms with Crippen molar-refractivity contribution in [2.45, 2.75) is 33.4 Å². The number of hydrogen-bond donors (Lipinski definition) is 3. The largest absolute Gasteiger partial charge is 0.478 e. The van der Waals surface area contributed by atoms with Gasteiger partial charge in [-0.15, -0.1) is 0 Å². The number of aromatic nitrogens is 1. The van der Waals surface area contributed by atoms with Gasteiger partial charge in [0.05, 0.1) is 12.3 Å². The molecule has 4 aromatic rings. The number of fused-ring (bicyclic) bond motifs is 3. The van der Waals surface area contributed by atoms with E-state index < -0.39 is 11.9 Å². The molecule has 5 rings (SSSR count). The fourth-order valence-corrected chi connectivity index (χ4v) is 5.23. The maximum atomic E-state index is 9.55. The molecule has 0 atom stereocenters. The van der Waals surface area contributed by atoms with Crippen LogP contribution in [0.2, 0.25) is 0 Å². The second-order valence-corrected chi connectivity index (χ2v) is 9.73. The van der Waals surface area contributed by atoms with Crippen LogP contribution in [0.15, 0.2) is 91.1 Å². The van der Waals surface area contributed by atoms with Gasteiger partial charge >= 0.3 is 11.9 Å². The quantitative estimate of drug-likeness (QED) is 0.179. The molecule has 0 unspecified atom stereocenters. The highest BCUT2D eigenvalue weighted by atomic mass is 16.5. The number of aryl methyl sites for hydroxylation is 3. The number of nitrogens with zero attached hydrogens (tertiary/aromatic N) is 1. The Hall–Kier alpha value is -4.46. The summed E-state index contributed by atoms with van der Waals surface area (Å²) in [5, 5.41) is 19.2. The van der Waals surface area contributed by atoms with Gasteiger partial charge in [0, 0.05) is 37.1 Å². The molecule has 0 amide bonds. The molecule has 1 aromatic heterocycles. The average molecular weight is 539 g/mol. The van der Waals surface area contributed by atoms with E-state index in [1.54, 1.807) is 0 Å². The summed E-state index contributed by atoms with van der Waals surface area (Å²) in [5.41, 5.74) is 11.6. The highest BCUT2D eigenvalue weighted by Crippen LogP contribution is 2.44. The summed E-state index contributed by atoms with van der Waals surface area (Å²) in [5.74, 6) is -2.51. The van der Waals surface area contributed by atoms with Gasteiger partial charge in [0.15, 0.2) is 0 Å². The molecule has 1 aliphatic carbocycles. The first-order valence-electron chi connectivity index (χ1n) is 13.1. The number of hydrogen-bond acceptors (Lipinski definition) is 4. The first-order chi connectivity index (χ1) is 19.3. The number of aliphatic carboxylic acids is 2. The predicted octanol–water partition coefficient (Wildman–Crippen LogP) is 5.99. The van der Waals surface area contributed by atoms with Crippen molar-refractivity contribution in [1.82, 2.24) is 9.88 Å². The molecule has 7 heteroatoms. The van der Waals surface area contributed by atoms with Gasteiger partial charge < -0.3 is 24.8 Å². The molecule has 3 aromatic carbocycles. The summed E-state index contributed by atoms with van der Waals surface area (Å²) in [4.78, 5) is 19.1. The Balaban J connectivity index is 0.000000406. The molecule has 0 fully saturated rings. The fourth-order valence-electron chi connectivity index (χ4n) is 5.23. The molecule has 0 aliphatic heterocycles. The van der Waals surface area contributed by atoms with E-state index in [2.05, 4.69) is 110 Å². The zero-order valence-corrected chi connectivity index (χ0v) is 22.9. The van der Waals surface area contributed by atoms with Gasteiger partial charge in [-0.25, -0.2) is 9.59 Å². The molecular weight excluding hydrogens is 504 g/mol. The minimum absolute atomic E-state index is 0.0194. The van der Waals surface area contributed by atoms with Crippen molar-refractivity contribution in [2.75, 3.05) is 13.2 Å². The molecule has 0 spiro atoms. The van der Waals surface area contributed by atoms with Crippen molar-refractivity contribution in [3.63, 3.8) is 0 Å². The summed E-state index contributed by atoms with van der Waals surface area (Å²) in [7, 11) is 0. The van der Waals surface area contributed by atoms with E-state index in [0.29, 0.717) is 18.8 Å². The van der Waals surface area contributed by atoms with E-state index in [0.717, 1.165) is 13.1 Å². The van der Waals surface area contributed by atoms with Crippen LogP contribution in [-0.4, -0.2) is 39.9 Å². The number of carboxylic acids is 2. The Morgan fingerprint density at radius 2 is 1.40 bits per heavy atom. The van der Waals surface area contributed by atoms with Crippen molar-refractivity contribution in [3.8, 4) is 16.8 Å². The lowest BCUT2D eigenvalue weighted by atomic mass is 10.0. The van der Waals surface area contributed by atoms with Gasteiger partial charge in [0.2, 0.25) is 0 Å². The lowest BCUT2D eigenvalue weighted by Crippen LogP contribution is -2.22. The van der Waals surface area contributed by atoms with Crippen molar-refractivity contribution < 1.29 is 24.5 Å². The standard InChI is InChI=1S/C29H30N2O.C4H4O4/c1-20-17-21(2)28(22(3)18-20)31-15-8-9-23(31)19-30-14-16-32-29-26-12-6-4-10-24(26)25-11-5-7-13-27(25)29;5-3(6)1-2-4(7)8/h4-13,15,17-18,29-30H,14,16,19H2,1-3H3;1-2H,(H,5,6)(H,7,8)/b;2-1+. The Labute approximate surface area is 234 Å². The Bertz CT molecular complexity index is 1450. The molecule has 0 bridgehead atoms. The number of rotatable bonds is 9. The first kappa shape index (κ1) is 28.5. The van der Waals surface area contributed by atoms with E-state index in [-0.39, 0.29) is 6.10 Å². The van der Waals surface area contributed by atoms with E-state index in [4.69, 9.17) is 14.9 Å². The van der Waals surface area contributed by atoms with E-state index in [1.165, 1.54) is 50.3 Å². The van der Waals surface area contributed by atoms with Crippen molar-refractivity contribution in [3.05, 3.63) is 125 Å². The summed E-state index contributed by atoms with van der Waals surface area (Å²) in [6.45, 7) is 8.81. The molecule has 3 N–H and O–H groups in total. The normalized spacial score (nSPS) is 12.1. The van der Waals surface area contributed by atoms with E-state index in [1.807, 2.05) is 0 Å². The van der Waals surface area contributed by atoms with E-state index in [9.17, 15) is 9.59 Å². The first-order valence-corrected chi connectivity index (χ1v) is 13.1.